The molecule has 1 aromatic carbocycles. The summed E-state index contributed by atoms with van der Waals surface area (Å²) in [6.07, 6.45) is 3.77. The summed E-state index contributed by atoms with van der Waals surface area (Å²) in [6, 6.07) is 7.06. The maximum Gasteiger partial charge on any atom is 0.0511 e. The van der Waals surface area contributed by atoms with Crippen molar-refractivity contribution >= 4 is 37.5 Å². The number of nitrogens with zero attached hydrogens (tertiary/aromatic N) is 1. The van der Waals surface area contributed by atoms with E-state index in [-0.39, 0.29) is 0 Å². The van der Waals surface area contributed by atoms with E-state index in [4.69, 9.17) is 0 Å². The van der Waals surface area contributed by atoms with Gasteiger partial charge in [-0.2, -0.15) is 0 Å². The number of benzene rings is 1. The summed E-state index contributed by atoms with van der Waals surface area (Å²) < 4.78 is 2.30. The molecular formula is C14H20Br2N2. The quantitative estimate of drug-likeness (QED) is 0.849. The van der Waals surface area contributed by atoms with Gasteiger partial charge in [0.05, 0.1) is 5.69 Å². The molecule has 0 saturated carbocycles. The van der Waals surface area contributed by atoms with Crippen molar-refractivity contribution < 1.29 is 0 Å². The molecule has 1 unspecified atom stereocenters. The molecule has 1 fully saturated rings. The van der Waals surface area contributed by atoms with Crippen LogP contribution in [0, 0.1) is 0 Å². The minimum atomic E-state index is 0.634. The van der Waals surface area contributed by atoms with E-state index in [9.17, 15) is 0 Å². The first-order valence-electron chi connectivity index (χ1n) is 6.64. The molecule has 0 aliphatic carbocycles. The summed E-state index contributed by atoms with van der Waals surface area (Å²) in [4.78, 5) is 2.48. The fourth-order valence-corrected chi connectivity index (χ4v) is 3.75. The third kappa shape index (κ3) is 3.72. The summed E-state index contributed by atoms with van der Waals surface area (Å²) in [5.41, 5.74) is 1.31. The SMILES string of the molecule is CCCNC1CCCN(c2ccc(Br)cc2Br)C1. The monoisotopic (exact) mass is 374 g/mol. The fourth-order valence-electron chi connectivity index (χ4n) is 2.45. The van der Waals surface area contributed by atoms with Crippen LogP contribution in [-0.2, 0) is 0 Å². The first kappa shape index (κ1) is 14.4. The number of hydrogen-bond donors (Lipinski definition) is 1. The van der Waals surface area contributed by atoms with Gasteiger partial charge >= 0.3 is 0 Å². The summed E-state index contributed by atoms with van der Waals surface area (Å²) in [6.45, 7) is 5.61. The number of hydrogen-bond acceptors (Lipinski definition) is 2. The Hall–Kier alpha value is -0.0600. The molecule has 0 aromatic heterocycles. The Balaban J connectivity index is 2.03. The van der Waals surface area contributed by atoms with Crippen molar-refractivity contribution in [3.05, 3.63) is 27.1 Å². The second-order valence-corrected chi connectivity index (χ2v) is 6.61. The van der Waals surface area contributed by atoms with Crippen molar-refractivity contribution in [2.75, 3.05) is 24.5 Å². The topological polar surface area (TPSA) is 15.3 Å². The van der Waals surface area contributed by atoms with Crippen LogP contribution in [0.15, 0.2) is 27.1 Å². The Morgan fingerprint density at radius 2 is 2.22 bits per heavy atom. The molecular weight excluding hydrogens is 356 g/mol. The van der Waals surface area contributed by atoms with Crippen molar-refractivity contribution in [3.63, 3.8) is 0 Å². The van der Waals surface area contributed by atoms with Gasteiger partial charge in [0.15, 0.2) is 0 Å². The van der Waals surface area contributed by atoms with E-state index in [1.165, 1.54) is 29.4 Å². The zero-order valence-electron chi connectivity index (χ0n) is 10.8. The van der Waals surface area contributed by atoms with E-state index in [2.05, 4.69) is 67.2 Å². The molecule has 100 valence electrons. The van der Waals surface area contributed by atoms with Crippen molar-refractivity contribution in [1.29, 1.82) is 0 Å². The van der Waals surface area contributed by atoms with Crippen molar-refractivity contribution in [2.45, 2.75) is 32.2 Å². The maximum atomic E-state index is 3.66. The average molecular weight is 376 g/mol. The van der Waals surface area contributed by atoms with Gasteiger partial charge in [-0.1, -0.05) is 22.9 Å². The van der Waals surface area contributed by atoms with Gasteiger partial charge in [0, 0.05) is 28.1 Å². The molecule has 1 aromatic rings. The number of halogens is 2. The lowest BCUT2D eigenvalue weighted by atomic mass is 10.0. The molecule has 1 atom stereocenters. The van der Waals surface area contributed by atoms with Gasteiger partial charge in [0.1, 0.15) is 0 Å². The van der Waals surface area contributed by atoms with Crippen LogP contribution in [0.25, 0.3) is 0 Å². The van der Waals surface area contributed by atoms with Crippen LogP contribution in [-0.4, -0.2) is 25.7 Å². The number of piperidine rings is 1. The highest BCUT2D eigenvalue weighted by molar-refractivity contribution is 9.11. The average Bonchev–Trinajstić information content (AvgIpc) is 2.36. The Morgan fingerprint density at radius 1 is 1.39 bits per heavy atom. The summed E-state index contributed by atoms with van der Waals surface area (Å²) in [7, 11) is 0. The van der Waals surface area contributed by atoms with Gasteiger partial charge < -0.3 is 10.2 Å². The van der Waals surface area contributed by atoms with Gasteiger partial charge in [-0.3, -0.25) is 0 Å². The lowest BCUT2D eigenvalue weighted by Gasteiger charge is -2.35. The van der Waals surface area contributed by atoms with Gasteiger partial charge in [0.25, 0.3) is 0 Å². The largest absolute Gasteiger partial charge is 0.369 e. The summed E-state index contributed by atoms with van der Waals surface area (Å²) in [5.74, 6) is 0. The first-order valence-corrected chi connectivity index (χ1v) is 8.22. The highest BCUT2D eigenvalue weighted by atomic mass is 79.9. The lowest BCUT2D eigenvalue weighted by Crippen LogP contribution is -2.46. The minimum absolute atomic E-state index is 0.634. The van der Waals surface area contributed by atoms with E-state index in [0.717, 1.165) is 24.1 Å². The number of rotatable bonds is 4. The Labute approximate surface area is 126 Å². The molecule has 18 heavy (non-hydrogen) atoms. The molecule has 1 heterocycles. The number of nitrogens with one attached hydrogen (secondary N) is 1. The molecule has 1 aliphatic heterocycles. The van der Waals surface area contributed by atoms with Crippen LogP contribution < -0.4 is 10.2 Å². The molecule has 0 bridgehead atoms. The summed E-state index contributed by atoms with van der Waals surface area (Å²) in [5, 5.41) is 3.64. The predicted molar refractivity (Wildman–Crippen MR) is 85.4 cm³/mol. The first-order chi connectivity index (χ1) is 8.70. The highest BCUT2D eigenvalue weighted by Gasteiger charge is 2.20. The Morgan fingerprint density at radius 3 is 2.94 bits per heavy atom. The molecule has 2 rings (SSSR count). The zero-order valence-corrected chi connectivity index (χ0v) is 13.9. The van der Waals surface area contributed by atoms with Gasteiger partial charge in [-0.15, -0.1) is 0 Å². The molecule has 0 radical (unpaired) electrons. The second kappa shape index (κ2) is 6.92. The van der Waals surface area contributed by atoms with Crippen LogP contribution in [0.4, 0.5) is 5.69 Å². The van der Waals surface area contributed by atoms with Crippen LogP contribution in [0.1, 0.15) is 26.2 Å². The molecule has 1 saturated heterocycles. The summed E-state index contributed by atoms with van der Waals surface area (Å²) >= 11 is 7.17. The van der Waals surface area contributed by atoms with Crippen LogP contribution in [0.2, 0.25) is 0 Å². The van der Waals surface area contributed by atoms with Gasteiger partial charge in [-0.25, -0.2) is 0 Å². The highest BCUT2D eigenvalue weighted by Crippen LogP contribution is 2.31. The van der Waals surface area contributed by atoms with Crippen molar-refractivity contribution in [1.82, 2.24) is 5.32 Å². The minimum Gasteiger partial charge on any atom is -0.369 e. The second-order valence-electron chi connectivity index (χ2n) is 4.84. The Bertz CT molecular complexity index is 395. The molecule has 1 N–H and O–H groups in total. The van der Waals surface area contributed by atoms with Crippen molar-refractivity contribution in [3.8, 4) is 0 Å². The van der Waals surface area contributed by atoms with E-state index in [1.54, 1.807) is 0 Å². The zero-order chi connectivity index (χ0) is 13.0. The predicted octanol–water partition coefficient (Wildman–Crippen LogP) is 4.18. The third-order valence-electron chi connectivity index (χ3n) is 3.35. The Kier molecular flexibility index (Phi) is 5.52. The molecule has 0 spiro atoms. The van der Waals surface area contributed by atoms with Crippen LogP contribution in [0.5, 0.6) is 0 Å². The van der Waals surface area contributed by atoms with Crippen LogP contribution in [0.3, 0.4) is 0 Å². The van der Waals surface area contributed by atoms with Gasteiger partial charge in [0.2, 0.25) is 0 Å². The van der Waals surface area contributed by atoms with E-state index >= 15 is 0 Å². The molecule has 1 aliphatic rings. The molecule has 4 heteroatoms. The molecule has 2 nitrogen and oxygen atoms in total. The smallest absolute Gasteiger partial charge is 0.0511 e. The van der Waals surface area contributed by atoms with Crippen LogP contribution >= 0.6 is 31.9 Å². The van der Waals surface area contributed by atoms with Crippen molar-refractivity contribution in [2.24, 2.45) is 0 Å². The fraction of sp³-hybridized carbons (Fsp3) is 0.571. The van der Waals surface area contributed by atoms with E-state index < -0.39 is 0 Å². The van der Waals surface area contributed by atoms with E-state index in [0.29, 0.717) is 6.04 Å². The third-order valence-corrected chi connectivity index (χ3v) is 4.48. The van der Waals surface area contributed by atoms with Gasteiger partial charge in [-0.05, 0) is 59.9 Å². The van der Waals surface area contributed by atoms with E-state index in [1.807, 2.05) is 0 Å². The lowest BCUT2D eigenvalue weighted by molar-refractivity contribution is 0.423. The molecule has 0 amide bonds. The maximum absolute atomic E-state index is 3.66. The standard InChI is InChI=1S/C14H20Br2N2/c1-2-7-17-12-4-3-8-18(10-12)14-6-5-11(15)9-13(14)16/h5-6,9,12,17H,2-4,7-8,10H2,1H3. The number of anilines is 1. The normalized spacial score (nSPS) is 20.2.